The number of likely N-dealkylation sites (tertiary alicyclic amines) is 1. The molecule has 26 heavy (non-hydrogen) atoms. The van der Waals surface area contributed by atoms with Gasteiger partial charge in [-0.3, -0.25) is 9.59 Å². The van der Waals surface area contributed by atoms with E-state index in [-0.39, 0.29) is 24.5 Å². The van der Waals surface area contributed by atoms with Gasteiger partial charge in [-0.1, -0.05) is 0 Å². The molecule has 8 heteroatoms. The van der Waals surface area contributed by atoms with Crippen LogP contribution in [-0.2, 0) is 16.0 Å². The number of carbonyl (C=O) groups excluding carboxylic acids is 2. The van der Waals surface area contributed by atoms with Crippen molar-refractivity contribution in [1.82, 2.24) is 20.2 Å². The Morgan fingerprint density at radius 1 is 1.46 bits per heavy atom. The van der Waals surface area contributed by atoms with Gasteiger partial charge in [-0.25, -0.2) is 4.98 Å². The van der Waals surface area contributed by atoms with E-state index in [0.717, 1.165) is 30.0 Å². The normalized spacial score (nSPS) is 16.8. The van der Waals surface area contributed by atoms with Crippen molar-refractivity contribution in [2.75, 3.05) is 26.3 Å². The molecule has 1 aliphatic rings. The Hall–Kier alpha value is -2.19. The van der Waals surface area contributed by atoms with Crippen molar-refractivity contribution >= 4 is 23.2 Å². The zero-order valence-electron chi connectivity index (χ0n) is 14.9. The van der Waals surface area contributed by atoms with Gasteiger partial charge in [0.15, 0.2) is 0 Å². The number of H-pyrrole nitrogens is 1. The standard InChI is InChI=1S/C18H24N4O3S/c1-2-25-11-17(23)22-9-3-4-14(22)15-5-6-16(26-15)18(24)20-8-7-13-10-19-12-21-13/h5-6,10,12,14H,2-4,7-9,11H2,1H3,(H,19,21)(H,20,24). The van der Waals surface area contributed by atoms with Crippen molar-refractivity contribution in [2.24, 2.45) is 0 Å². The molecular formula is C18H24N4O3S. The summed E-state index contributed by atoms with van der Waals surface area (Å²) >= 11 is 1.46. The number of nitrogens with one attached hydrogen (secondary N) is 2. The van der Waals surface area contributed by atoms with E-state index in [4.69, 9.17) is 4.74 Å². The molecule has 140 valence electrons. The molecule has 2 aromatic heterocycles. The number of hydrogen-bond donors (Lipinski definition) is 2. The van der Waals surface area contributed by atoms with Crippen molar-refractivity contribution in [3.8, 4) is 0 Å². The molecule has 0 bridgehead atoms. The van der Waals surface area contributed by atoms with Crippen LogP contribution < -0.4 is 5.32 Å². The van der Waals surface area contributed by atoms with E-state index in [1.165, 1.54) is 11.3 Å². The molecular weight excluding hydrogens is 352 g/mol. The number of thiophene rings is 1. The number of hydrogen-bond acceptors (Lipinski definition) is 5. The first-order chi connectivity index (χ1) is 12.7. The Balaban J connectivity index is 1.56. The largest absolute Gasteiger partial charge is 0.372 e. The van der Waals surface area contributed by atoms with E-state index < -0.39 is 0 Å². The molecule has 1 atom stereocenters. The Morgan fingerprint density at radius 2 is 2.35 bits per heavy atom. The Kier molecular flexibility index (Phi) is 6.40. The third kappa shape index (κ3) is 4.50. The van der Waals surface area contributed by atoms with Gasteiger partial charge in [-0.2, -0.15) is 0 Å². The van der Waals surface area contributed by atoms with Crippen LogP contribution in [0.3, 0.4) is 0 Å². The van der Waals surface area contributed by atoms with Gasteiger partial charge in [-0.05, 0) is 31.9 Å². The van der Waals surface area contributed by atoms with Crippen molar-refractivity contribution in [1.29, 1.82) is 0 Å². The average molecular weight is 376 g/mol. The van der Waals surface area contributed by atoms with Gasteiger partial charge in [-0.15, -0.1) is 11.3 Å². The number of amides is 2. The predicted molar refractivity (Wildman–Crippen MR) is 99.1 cm³/mol. The van der Waals surface area contributed by atoms with Crippen LogP contribution in [0.5, 0.6) is 0 Å². The highest BCUT2D eigenvalue weighted by molar-refractivity contribution is 7.14. The highest BCUT2D eigenvalue weighted by Gasteiger charge is 2.31. The SMILES string of the molecule is CCOCC(=O)N1CCCC1c1ccc(C(=O)NCCc2cnc[nH]2)s1. The number of ether oxygens (including phenoxy) is 1. The third-order valence-corrected chi connectivity index (χ3v) is 5.60. The van der Waals surface area contributed by atoms with E-state index in [2.05, 4.69) is 15.3 Å². The van der Waals surface area contributed by atoms with Crippen LogP contribution >= 0.6 is 11.3 Å². The minimum absolute atomic E-state index is 0.0216. The first-order valence-corrected chi connectivity index (χ1v) is 9.73. The van der Waals surface area contributed by atoms with E-state index in [1.807, 2.05) is 24.0 Å². The first kappa shape index (κ1) is 18.6. The predicted octanol–water partition coefficient (Wildman–Crippen LogP) is 2.14. The summed E-state index contributed by atoms with van der Waals surface area (Å²) in [7, 11) is 0. The zero-order valence-corrected chi connectivity index (χ0v) is 15.7. The quantitative estimate of drug-likeness (QED) is 0.739. The van der Waals surface area contributed by atoms with Gasteiger partial charge in [0.05, 0.1) is 17.2 Å². The molecule has 0 aliphatic carbocycles. The van der Waals surface area contributed by atoms with E-state index in [1.54, 1.807) is 12.5 Å². The number of nitrogens with zero attached hydrogens (tertiary/aromatic N) is 2. The number of imidazole rings is 1. The number of aromatic amines is 1. The Labute approximate surface area is 156 Å². The molecule has 2 N–H and O–H groups in total. The van der Waals surface area contributed by atoms with Gasteiger partial charge in [0.2, 0.25) is 5.91 Å². The van der Waals surface area contributed by atoms with Gasteiger partial charge in [0.25, 0.3) is 5.91 Å². The minimum atomic E-state index is -0.0778. The number of carbonyl (C=O) groups is 2. The molecule has 1 aliphatic heterocycles. The summed E-state index contributed by atoms with van der Waals surface area (Å²) in [6.07, 6.45) is 6.00. The van der Waals surface area contributed by atoms with Gasteiger partial charge in [0.1, 0.15) is 6.61 Å². The maximum atomic E-state index is 12.3. The molecule has 7 nitrogen and oxygen atoms in total. The van der Waals surface area contributed by atoms with Crippen molar-refractivity contribution < 1.29 is 14.3 Å². The van der Waals surface area contributed by atoms with Crippen LogP contribution in [0.2, 0.25) is 0 Å². The molecule has 0 radical (unpaired) electrons. The second-order valence-electron chi connectivity index (χ2n) is 6.17. The Bertz CT molecular complexity index is 729. The molecule has 3 rings (SSSR count). The molecule has 3 heterocycles. The summed E-state index contributed by atoms with van der Waals surface area (Å²) in [6.45, 7) is 3.84. The van der Waals surface area contributed by atoms with Crippen LogP contribution in [0, 0.1) is 0 Å². The van der Waals surface area contributed by atoms with Crippen LogP contribution in [0.25, 0.3) is 0 Å². The molecule has 0 saturated carbocycles. The van der Waals surface area contributed by atoms with Crippen molar-refractivity contribution in [3.63, 3.8) is 0 Å². The maximum Gasteiger partial charge on any atom is 0.261 e. The van der Waals surface area contributed by atoms with Crippen molar-refractivity contribution in [3.05, 3.63) is 40.1 Å². The first-order valence-electron chi connectivity index (χ1n) is 8.91. The lowest BCUT2D eigenvalue weighted by atomic mass is 10.2. The van der Waals surface area contributed by atoms with E-state index in [9.17, 15) is 9.59 Å². The molecule has 0 spiro atoms. The fraction of sp³-hybridized carbons (Fsp3) is 0.500. The monoisotopic (exact) mass is 376 g/mol. The van der Waals surface area contributed by atoms with Crippen LogP contribution in [0.4, 0.5) is 0 Å². The third-order valence-electron chi connectivity index (χ3n) is 4.42. The second-order valence-corrected chi connectivity index (χ2v) is 7.28. The summed E-state index contributed by atoms with van der Waals surface area (Å²) in [6, 6.07) is 3.86. The highest BCUT2D eigenvalue weighted by Crippen LogP contribution is 2.36. The maximum absolute atomic E-state index is 12.3. The molecule has 0 aromatic carbocycles. The summed E-state index contributed by atoms with van der Waals surface area (Å²) in [5.41, 5.74) is 0.992. The lowest BCUT2D eigenvalue weighted by Crippen LogP contribution is -2.33. The summed E-state index contributed by atoms with van der Waals surface area (Å²) < 4.78 is 5.25. The van der Waals surface area contributed by atoms with Gasteiger partial charge < -0.3 is 19.9 Å². The summed E-state index contributed by atoms with van der Waals surface area (Å²) in [5, 5.41) is 2.93. The molecule has 2 aromatic rings. The van der Waals surface area contributed by atoms with Gasteiger partial charge in [0, 0.05) is 42.9 Å². The fourth-order valence-corrected chi connectivity index (χ4v) is 4.18. The molecule has 1 fully saturated rings. The molecule has 2 amide bonds. The van der Waals surface area contributed by atoms with Gasteiger partial charge >= 0.3 is 0 Å². The smallest absolute Gasteiger partial charge is 0.261 e. The lowest BCUT2D eigenvalue weighted by Gasteiger charge is -2.23. The van der Waals surface area contributed by atoms with Crippen molar-refractivity contribution in [2.45, 2.75) is 32.2 Å². The topological polar surface area (TPSA) is 87.3 Å². The lowest BCUT2D eigenvalue weighted by molar-refractivity contribution is -0.136. The van der Waals surface area contributed by atoms with E-state index >= 15 is 0 Å². The Morgan fingerprint density at radius 3 is 3.12 bits per heavy atom. The summed E-state index contributed by atoms with van der Waals surface area (Å²) in [4.78, 5) is 35.2. The number of rotatable bonds is 8. The number of aromatic nitrogens is 2. The zero-order chi connectivity index (χ0) is 18.4. The van der Waals surface area contributed by atoms with Crippen LogP contribution in [-0.4, -0.2) is 53.0 Å². The fourth-order valence-electron chi connectivity index (χ4n) is 3.11. The molecule has 1 unspecified atom stereocenters. The minimum Gasteiger partial charge on any atom is -0.372 e. The van der Waals surface area contributed by atoms with E-state index in [0.29, 0.717) is 24.4 Å². The second kappa shape index (κ2) is 8.95. The average Bonchev–Trinajstić information content (AvgIpc) is 3.39. The summed E-state index contributed by atoms with van der Waals surface area (Å²) in [5.74, 6) is -0.0562. The molecule has 1 saturated heterocycles. The highest BCUT2D eigenvalue weighted by atomic mass is 32.1. The van der Waals surface area contributed by atoms with Crippen LogP contribution in [0.1, 0.15) is 46.0 Å². The van der Waals surface area contributed by atoms with Crippen LogP contribution in [0.15, 0.2) is 24.7 Å².